The molecular formula is C11H20N4O2S. The molecule has 7 heteroatoms. The zero-order valence-corrected chi connectivity index (χ0v) is 11.4. The lowest BCUT2D eigenvalue weighted by Gasteiger charge is -2.30. The van der Waals surface area contributed by atoms with Gasteiger partial charge in [-0.3, -0.25) is 5.10 Å². The third kappa shape index (κ3) is 3.54. The van der Waals surface area contributed by atoms with Crippen molar-refractivity contribution in [3.05, 3.63) is 12.4 Å². The van der Waals surface area contributed by atoms with Crippen molar-refractivity contribution in [2.75, 3.05) is 26.2 Å². The lowest BCUT2D eigenvalue weighted by atomic mass is 9.99. The molecule has 2 rings (SSSR count). The number of rotatable bonds is 5. The van der Waals surface area contributed by atoms with Crippen molar-refractivity contribution in [2.45, 2.75) is 24.7 Å². The monoisotopic (exact) mass is 272 g/mol. The van der Waals surface area contributed by atoms with Crippen molar-refractivity contribution in [2.24, 2.45) is 5.92 Å². The first kappa shape index (κ1) is 13.5. The molecule has 1 aromatic rings. The second-order valence-corrected chi connectivity index (χ2v) is 6.62. The predicted molar refractivity (Wildman–Crippen MR) is 68.6 cm³/mol. The van der Waals surface area contributed by atoms with Gasteiger partial charge >= 0.3 is 0 Å². The average Bonchev–Trinajstić information content (AvgIpc) is 2.86. The van der Waals surface area contributed by atoms with E-state index in [4.69, 9.17) is 0 Å². The Hall–Kier alpha value is -0.920. The van der Waals surface area contributed by atoms with Gasteiger partial charge < -0.3 is 4.90 Å². The van der Waals surface area contributed by atoms with Crippen LogP contribution in [-0.2, 0) is 10.0 Å². The summed E-state index contributed by atoms with van der Waals surface area (Å²) in [6.45, 7) is 5.61. The van der Waals surface area contributed by atoms with Crippen LogP contribution in [0, 0.1) is 5.92 Å². The van der Waals surface area contributed by atoms with E-state index >= 15 is 0 Å². The van der Waals surface area contributed by atoms with Gasteiger partial charge in [0.25, 0.3) is 0 Å². The zero-order valence-electron chi connectivity index (χ0n) is 10.6. The smallest absolute Gasteiger partial charge is 0.243 e. The average molecular weight is 272 g/mol. The molecule has 0 spiro atoms. The molecule has 0 radical (unpaired) electrons. The minimum Gasteiger partial charge on any atom is -0.302 e. The van der Waals surface area contributed by atoms with Crippen molar-refractivity contribution >= 4 is 10.0 Å². The zero-order chi connectivity index (χ0) is 13.0. The molecule has 1 aromatic heterocycles. The molecule has 0 aliphatic carbocycles. The number of hydrogen-bond acceptors (Lipinski definition) is 4. The summed E-state index contributed by atoms with van der Waals surface area (Å²) >= 11 is 0. The van der Waals surface area contributed by atoms with E-state index in [9.17, 15) is 8.42 Å². The Balaban J connectivity index is 1.75. The summed E-state index contributed by atoms with van der Waals surface area (Å²) in [5.74, 6) is 0.795. The molecule has 2 N–H and O–H groups in total. The Labute approximate surface area is 108 Å². The lowest BCUT2D eigenvalue weighted by molar-refractivity contribution is 0.195. The molecule has 18 heavy (non-hydrogen) atoms. The van der Waals surface area contributed by atoms with E-state index in [1.54, 1.807) is 0 Å². The summed E-state index contributed by atoms with van der Waals surface area (Å²) in [4.78, 5) is 2.49. The summed E-state index contributed by atoms with van der Waals surface area (Å²) in [6, 6.07) is 0. The third-order valence-electron chi connectivity index (χ3n) is 3.38. The van der Waals surface area contributed by atoms with Gasteiger partial charge in [-0.1, -0.05) is 6.92 Å². The van der Waals surface area contributed by atoms with Crippen LogP contribution in [0.3, 0.4) is 0 Å². The number of aromatic nitrogens is 2. The van der Waals surface area contributed by atoms with Crippen molar-refractivity contribution in [3.8, 4) is 0 Å². The molecule has 0 bridgehead atoms. The van der Waals surface area contributed by atoms with Gasteiger partial charge in [-0.25, -0.2) is 13.1 Å². The van der Waals surface area contributed by atoms with E-state index in [2.05, 4.69) is 26.7 Å². The number of hydrogen-bond donors (Lipinski definition) is 2. The Bertz CT molecular complexity index is 449. The summed E-state index contributed by atoms with van der Waals surface area (Å²) < 4.78 is 26.2. The topological polar surface area (TPSA) is 78.1 Å². The normalized spacial score (nSPS) is 19.2. The van der Waals surface area contributed by atoms with Gasteiger partial charge in [0, 0.05) is 19.3 Å². The van der Waals surface area contributed by atoms with Crippen LogP contribution in [0.5, 0.6) is 0 Å². The molecule has 1 aliphatic heterocycles. The number of nitrogens with zero attached hydrogens (tertiary/aromatic N) is 2. The van der Waals surface area contributed by atoms with E-state index in [0.717, 1.165) is 25.6 Å². The van der Waals surface area contributed by atoms with Gasteiger partial charge in [0.05, 0.1) is 6.20 Å². The highest BCUT2D eigenvalue weighted by atomic mass is 32.2. The number of H-pyrrole nitrogens is 1. The maximum Gasteiger partial charge on any atom is 0.243 e. The van der Waals surface area contributed by atoms with Crippen molar-refractivity contribution in [3.63, 3.8) is 0 Å². The van der Waals surface area contributed by atoms with E-state index in [-0.39, 0.29) is 4.90 Å². The van der Waals surface area contributed by atoms with Crippen molar-refractivity contribution < 1.29 is 8.42 Å². The van der Waals surface area contributed by atoms with Crippen molar-refractivity contribution in [1.82, 2.24) is 19.8 Å². The van der Waals surface area contributed by atoms with Crippen LogP contribution in [0.1, 0.15) is 19.8 Å². The maximum atomic E-state index is 11.8. The van der Waals surface area contributed by atoms with Gasteiger partial charge in [-0.05, 0) is 31.8 Å². The van der Waals surface area contributed by atoms with Crippen LogP contribution >= 0.6 is 0 Å². The lowest BCUT2D eigenvalue weighted by Crippen LogP contribution is -2.39. The van der Waals surface area contributed by atoms with Crippen LogP contribution in [0.4, 0.5) is 0 Å². The Morgan fingerprint density at radius 2 is 2.22 bits per heavy atom. The Morgan fingerprint density at radius 3 is 2.83 bits per heavy atom. The molecule has 1 fully saturated rings. The van der Waals surface area contributed by atoms with Crippen LogP contribution in [0.25, 0.3) is 0 Å². The maximum absolute atomic E-state index is 11.8. The predicted octanol–water partition coefficient (Wildman–Crippen LogP) is 0.420. The van der Waals surface area contributed by atoms with E-state index in [0.29, 0.717) is 6.54 Å². The highest BCUT2D eigenvalue weighted by Gasteiger charge is 2.17. The van der Waals surface area contributed by atoms with Gasteiger partial charge in [-0.2, -0.15) is 5.10 Å². The molecular weight excluding hydrogens is 252 g/mol. The molecule has 1 saturated heterocycles. The third-order valence-corrected chi connectivity index (χ3v) is 4.81. The number of piperidine rings is 1. The minimum absolute atomic E-state index is 0.190. The number of nitrogens with one attached hydrogen (secondary N) is 2. The molecule has 0 atom stereocenters. The second-order valence-electron chi connectivity index (χ2n) is 4.86. The Kier molecular flexibility index (Phi) is 4.36. The first-order valence-corrected chi connectivity index (χ1v) is 7.77. The molecule has 6 nitrogen and oxygen atoms in total. The fourth-order valence-electron chi connectivity index (χ4n) is 2.09. The molecule has 0 unspecified atom stereocenters. The molecule has 1 aliphatic rings. The second kappa shape index (κ2) is 5.81. The fraction of sp³-hybridized carbons (Fsp3) is 0.727. The highest BCUT2D eigenvalue weighted by molar-refractivity contribution is 7.89. The first-order valence-electron chi connectivity index (χ1n) is 6.29. The first-order chi connectivity index (χ1) is 8.58. The molecule has 102 valence electrons. The number of aromatic amines is 1. The van der Waals surface area contributed by atoms with E-state index < -0.39 is 10.0 Å². The summed E-state index contributed by atoms with van der Waals surface area (Å²) in [7, 11) is -3.40. The van der Waals surface area contributed by atoms with Crippen LogP contribution in [-0.4, -0.2) is 49.7 Å². The summed E-state index contributed by atoms with van der Waals surface area (Å²) in [5.41, 5.74) is 0. The van der Waals surface area contributed by atoms with Crippen LogP contribution in [0.15, 0.2) is 17.3 Å². The van der Waals surface area contributed by atoms with Crippen molar-refractivity contribution in [1.29, 1.82) is 0 Å². The standard InChI is InChI=1S/C11H20N4O2S/c1-10-2-5-15(6-3-10)7-4-14-18(16,17)11-8-12-13-9-11/h8-10,14H,2-7H2,1H3,(H,12,13). The van der Waals surface area contributed by atoms with Gasteiger partial charge in [0.2, 0.25) is 10.0 Å². The van der Waals surface area contributed by atoms with Crippen LogP contribution in [0.2, 0.25) is 0 Å². The van der Waals surface area contributed by atoms with E-state index in [1.807, 2.05) is 0 Å². The number of sulfonamides is 1. The summed E-state index contributed by atoms with van der Waals surface area (Å²) in [6.07, 6.45) is 5.10. The van der Waals surface area contributed by atoms with Gasteiger partial charge in [-0.15, -0.1) is 0 Å². The SMILES string of the molecule is CC1CCN(CCNS(=O)(=O)c2cn[nH]c2)CC1. The summed E-state index contributed by atoms with van der Waals surface area (Å²) in [5, 5.41) is 6.14. The largest absolute Gasteiger partial charge is 0.302 e. The molecule has 0 aromatic carbocycles. The molecule has 0 saturated carbocycles. The fourth-order valence-corrected chi connectivity index (χ4v) is 3.02. The number of likely N-dealkylation sites (tertiary alicyclic amines) is 1. The Morgan fingerprint density at radius 1 is 1.50 bits per heavy atom. The highest BCUT2D eigenvalue weighted by Crippen LogP contribution is 2.15. The van der Waals surface area contributed by atoms with E-state index in [1.165, 1.54) is 25.2 Å². The molecule has 2 heterocycles. The quantitative estimate of drug-likeness (QED) is 0.814. The minimum atomic E-state index is -3.40. The van der Waals surface area contributed by atoms with Crippen LogP contribution < -0.4 is 4.72 Å². The van der Waals surface area contributed by atoms with Gasteiger partial charge in [0.15, 0.2) is 0 Å². The van der Waals surface area contributed by atoms with Gasteiger partial charge in [0.1, 0.15) is 4.90 Å². The molecule has 0 amide bonds.